The van der Waals surface area contributed by atoms with Crippen LogP contribution < -0.4 is 10.4 Å². The molecule has 3 rings (SSSR count). The summed E-state index contributed by atoms with van der Waals surface area (Å²) >= 11 is 1.39. The molecule has 23 heavy (non-hydrogen) atoms. The second-order valence-electron chi connectivity index (χ2n) is 4.78. The Hall–Kier alpha value is -2.55. The van der Waals surface area contributed by atoms with Crippen molar-refractivity contribution < 1.29 is 4.74 Å². The van der Waals surface area contributed by atoms with E-state index in [0.29, 0.717) is 34.4 Å². The highest BCUT2D eigenvalue weighted by Crippen LogP contribution is 2.26. The SMILES string of the molecule is C=CCn1c(=O)nc(SC)c2[nH]c(-c3cc(OC)nn3C)nc21. The minimum atomic E-state index is -0.345. The molecule has 120 valence electrons. The highest BCUT2D eigenvalue weighted by molar-refractivity contribution is 7.98. The molecule has 8 nitrogen and oxygen atoms in total. The van der Waals surface area contributed by atoms with Crippen LogP contribution in [-0.2, 0) is 13.6 Å². The lowest BCUT2D eigenvalue weighted by Gasteiger charge is -2.04. The monoisotopic (exact) mass is 332 g/mol. The topological polar surface area (TPSA) is 90.6 Å². The molecule has 0 saturated carbocycles. The third-order valence-electron chi connectivity index (χ3n) is 3.40. The molecule has 0 saturated heterocycles. The number of hydrogen-bond acceptors (Lipinski definition) is 6. The zero-order valence-electron chi connectivity index (χ0n) is 13.0. The second-order valence-corrected chi connectivity index (χ2v) is 5.58. The zero-order chi connectivity index (χ0) is 16.6. The van der Waals surface area contributed by atoms with Crippen LogP contribution in [0, 0.1) is 0 Å². The zero-order valence-corrected chi connectivity index (χ0v) is 13.8. The second kappa shape index (κ2) is 5.92. The number of ether oxygens (including phenoxy) is 1. The molecule has 0 amide bonds. The van der Waals surface area contributed by atoms with Gasteiger partial charge in [0.15, 0.2) is 11.5 Å². The normalized spacial score (nSPS) is 11.1. The van der Waals surface area contributed by atoms with Crippen LogP contribution in [0.4, 0.5) is 0 Å². The van der Waals surface area contributed by atoms with Crippen LogP contribution in [0.25, 0.3) is 22.7 Å². The van der Waals surface area contributed by atoms with Crippen LogP contribution in [0.5, 0.6) is 5.88 Å². The molecular weight excluding hydrogens is 316 g/mol. The molecule has 0 aliphatic heterocycles. The molecule has 0 aromatic carbocycles. The van der Waals surface area contributed by atoms with E-state index in [9.17, 15) is 4.79 Å². The van der Waals surface area contributed by atoms with E-state index in [0.717, 1.165) is 5.69 Å². The van der Waals surface area contributed by atoms with Gasteiger partial charge in [-0.05, 0) is 6.26 Å². The molecular formula is C14H16N6O2S. The van der Waals surface area contributed by atoms with Gasteiger partial charge in [-0.25, -0.2) is 9.78 Å². The molecule has 0 radical (unpaired) electrons. The number of H-pyrrole nitrogens is 1. The fourth-order valence-corrected chi connectivity index (χ4v) is 2.84. The first-order valence-electron chi connectivity index (χ1n) is 6.83. The van der Waals surface area contributed by atoms with Gasteiger partial charge in [0.25, 0.3) is 0 Å². The summed E-state index contributed by atoms with van der Waals surface area (Å²) in [6, 6.07) is 1.78. The van der Waals surface area contributed by atoms with Crippen LogP contribution >= 0.6 is 11.8 Å². The van der Waals surface area contributed by atoms with Gasteiger partial charge in [0.2, 0.25) is 5.88 Å². The van der Waals surface area contributed by atoms with E-state index >= 15 is 0 Å². The maximum atomic E-state index is 12.2. The first-order valence-corrected chi connectivity index (χ1v) is 8.05. The minimum absolute atomic E-state index is 0.343. The van der Waals surface area contributed by atoms with Gasteiger partial charge < -0.3 is 9.72 Å². The van der Waals surface area contributed by atoms with Crippen molar-refractivity contribution in [3.05, 3.63) is 29.2 Å². The molecule has 9 heteroatoms. The maximum absolute atomic E-state index is 12.2. The Bertz CT molecular complexity index is 939. The van der Waals surface area contributed by atoms with Gasteiger partial charge in [0.1, 0.15) is 16.2 Å². The van der Waals surface area contributed by atoms with Crippen LogP contribution in [0.3, 0.4) is 0 Å². The Morgan fingerprint density at radius 2 is 2.26 bits per heavy atom. The highest BCUT2D eigenvalue weighted by Gasteiger charge is 2.17. The predicted octanol–water partition coefficient (Wildman–Crippen LogP) is 1.44. The van der Waals surface area contributed by atoms with Crippen molar-refractivity contribution in [2.24, 2.45) is 7.05 Å². The van der Waals surface area contributed by atoms with Crippen LogP contribution in [0.15, 0.2) is 28.5 Å². The summed E-state index contributed by atoms with van der Waals surface area (Å²) in [6.45, 7) is 4.02. The maximum Gasteiger partial charge on any atom is 0.350 e. The number of aromatic nitrogens is 6. The van der Waals surface area contributed by atoms with E-state index in [1.807, 2.05) is 6.26 Å². The Morgan fingerprint density at radius 1 is 1.48 bits per heavy atom. The number of nitrogens with one attached hydrogen (secondary N) is 1. The van der Waals surface area contributed by atoms with E-state index < -0.39 is 0 Å². The van der Waals surface area contributed by atoms with Crippen LogP contribution in [0.2, 0.25) is 0 Å². The predicted molar refractivity (Wildman–Crippen MR) is 88.9 cm³/mol. The molecule has 3 aromatic heterocycles. The van der Waals surface area contributed by atoms with Gasteiger partial charge in [-0.2, -0.15) is 4.98 Å². The number of aromatic amines is 1. The van der Waals surface area contributed by atoms with Crippen molar-refractivity contribution in [1.29, 1.82) is 0 Å². The van der Waals surface area contributed by atoms with E-state index in [4.69, 9.17) is 4.74 Å². The summed E-state index contributed by atoms with van der Waals surface area (Å²) in [4.78, 5) is 24.1. The first kappa shape index (κ1) is 15.3. The number of nitrogens with zero attached hydrogens (tertiary/aromatic N) is 5. The van der Waals surface area contributed by atoms with Gasteiger partial charge >= 0.3 is 5.69 Å². The molecule has 0 fully saturated rings. The standard InChI is InChI=1S/C14H16N6O2S/c1-5-6-20-12-10(13(23-4)17-14(20)21)15-11(16-12)8-7-9(22-3)18-19(8)2/h5,7H,1,6H2,2-4H3,(H,15,16). The fourth-order valence-electron chi connectivity index (χ4n) is 2.33. The van der Waals surface area contributed by atoms with Crippen molar-refractivity contribution in [3.63, 3.8) is 0 Å². The molecule has 0 atom stereocenters. The lowest BCUT2D eigenvalue weighted by molar-refractivity contribution is 0.392. The fraction of sp³-hybridized carbons (Fsp3) is 0.286. The third-order valence-corrected chi connectivity index (χ3v) is 4.08. The van der Waals surface area contributed by atoms with E-state index in [2.05, 4.69) is 26.6 Å². The number of allylic oxidation sites excluding steroid dienone is 1. The van der Waals surface area contributed by atoms with Gasteiger partial charge in [-0.3, -0.25) is 9.25 Å². The quantitative estimate of drug-likeness (QED) is 0.432. The average molecular weight is 332 g/mol. The lowest BCUT2D eigenvalue weighted by Crippen LogP contribution is -2.23. The largest absolute Gasteiger partial charge is 0.480 e. The molecule has 3 aromatic rings. The molecule has 0 bridgehead atoms. The van der Waals surface area contributed by atoms with Crippen molar-refractivity contribution in [2.75, 3.05) is 13.4 Å². The molecule has 3 heterocycles. The van der Waals surface area contributed by atoms with E-state index in [1.54, 1.807) is 31.0 Å². The van der Waals surface area contributed by atoms with Crippen LogP contribution in [-0.4, -0.2) is 42.7 Å². The van der Waals surface area contributed by atoms with Gasteiger partial charge in [-0.15, -0.1) is 23.4 Å². The van der Waals surface area contributed by atoms with E-state index in [-0.39, 0.29) is 5.69 Å². The number of methoxy groups -OCH3 is 1. The Kier molecular flexibility index (Phi) is 3.95. The van der Waals surface area contributed by atoms with Crippen molar-refractivity contribution in [3.8, 4) is 17.4 Å². The summed E-state index contributed by atoms with van der Waals surface area (Å²) < 4.78 is 8.29. The Morgan fingerprint density at radius 3 is 2.87 bits per heavy atom. The van der Waals surface area contributed by atoms with E-state index in [1.165, 1.54) is 16.3 Å². The van der Waals surface area contributed by atoms with Crippen LogP contribution in [0.1, 0.15) is 0 Å². The van der Waals surface area contributed by atoms with Gasteiger partial charge in [0, 0.05) is 19.7 Å². The lowest BCUT2D eigenvalue weighted by atomic mass is 10.4. The summed E-state index contributed by atoms with van der Waals surface area (Å²) in [5.74, 6) is 1.09. The molecule has 0 aliphatic carbocycles. The molecule has 1 N–H and O–H groups in total. The highest BCUT2D eigenvalue weighted by atomic mass is 32.2. The van der Waals surface area contributed by atoms with Gasteiger partial charge in [-0.1, -0.05) is 6.08 Å². The number of aryl methyl sites for hydroxylation is 1. The number of fused-ring (bicyclic) bond motifs is 1. The summed E-state index contributed by atoms with van der Waals surface area (Å²) in [5.41, 5.74) is 1.67. The summed E-state index contributed by atoms with van der Waals surface area (Å²) in [6.07, 6.45) is 3.51. The smallest absolute Gasteiger partial charge is 0.350 e. The minimum Gasteiger partial charge on any atom is -0.480 e. The molecule has 0 unspecified atom stereocenters. The third kappa shape index (κ3) is 2.52. The number of hydrogen-bond donors (Lipinski definition) is 1. The van der Waals surface area contributed by atoms with Crippen molar-refractivity contribution >= 4 is 22.9 Å². The number of thioether (sulfide) groups is 1. The number of imidazole rings is 1. The summed E-state index contributed by atoms with van der Waals surface area (Å²) in [7, 11) is 3.36. The molecule has 0 aliphatic rings. The Balaban J connectivity index is 2.28. The van der Waals surface area contributed by atoms with Gasteiger partial charge in [0.05, 0.1) is 7.11 Å². The van der Waals surface area contributed by atoms with Crippen molar-refractivity contribution in [2.45, 2.75) is 11.6 Å². The molecule has 0 spiro atoms. The summed E-state index contributed by atoms with van der Waals surface area (Å²) in [5, 5.41) is 4.83. The average Bonchev–Trinajstić information content (AvgIpc) is 3.13. The first-order chi connectivity index (χ1) is 11.1. The number of rotatable bonds is 5. The van der Waals surface area contributed by atoms with Crippen molar-refractivity contribution in [1.82, 2.24) is 29.3 Å². The Labute approximate surface area is 136 Å².